The molecule has 0 aromatic carbocycles. The minimum Gasteiger partial charge on any atom is -0.894 e. The van der Waals surface area contributed by atoms with Crippen molar-refractivity contribution in [3.05, 3.63) is 0 Å². The Morgan fingerprint density at radius 3 is 0.750 bits per heavy atom. The fraction of sp³-hybridized carbons (Fsp3) is 0. The van der Waals surface area contributed by atoms with E-state index in [1.165, 1.54) is 0 Å². The van der Waals surface area contributed by atoms with E-state index in [-0.39, 0.29) is 70.0 Å². The summed E-state index contributed by atoms with van der Waals surface area (Å²) in [6.45, 7) is 0. The maximum absolute atomic E-state index is 8.80. The molecule has 0 saturated heterocycles. The van der Waals surface area contributed by atoms with Gasteiger partial charge in [-0.05, 0) is 0 Å². The summed E-state index contributed by atoms with van der Waals surface area (Å²) in [5, 5.41) is 0. The Morgan fingerprint density at radius 1 is 0.750 bits per heavy atom. The number of rotatable bonds is 0. The zero-order chi connectivity index (χ0) is 9.00. The van der Waals surface area contributed by atoms with E-state index in [0.717, 1.165) is 0 Å². The third-order valence-corrected chi connectivity index (χ3v) is 0. The third-order valence-electron chi connectivity index (χ3n) is 0. The van der Waals surface area contributed by atoms with E-state index in [1.807, 2.05) is 0 Å². The maximum atomic E-state index is 8.80. The van der Waals surface area contributed by atoms with Crippen molar-refractivity contribution >= 4 is 18.1 Å². The Morgan fingerprint density at radius 2 is 0.750 bits per heavy atom. The van der Waals surface area contributed by atoms with Gasteiger partial charge in [0.25, 0.3) is 0 Å². The predicted octanol–water partition coefficient (Wildman–Crippen LogP) is -9.01. The normalized spacial score (nSPS) is 10.0. The van der Waals surface area contributed by atoms with Gasteiger partial charge in [-0.15, -0.1) is 0 Å². The van der Waals surface area contributed by atoms with Gasteiger partial charge in [0.15, 0.2) is 0 Å². The fourth-order valence-electron chi connectivity index (χ4n) is 0. The molecule has 0 aromatic rings. The van der Waals surface area contributed by atoms with Crippen LogP contribution < -0.4 is 28.8 Å². The van der Waals surface area contributed by atoms with E-state index in [0.29, 0.717) is 0 Å². The first-order valence-electron chi connectivity index (χ1n) is 1.67. The average molecular weight is 442 g/mol. The van der Waals surface area contributed by atoms with E-state index in [4.69, 9.17) is 38.4 Å². The van der Waals surface area contributed by atoms with E-state index in [9.17, 15) is 0 Å². The van der Waals surface area contributed by atoms with Crippen LogP contribution in [0.25, 0.3) is 0 Å². The number of hydrogen-bond donors (Lipinski definition) is 2. The molecular weight excluding hydrogens is 440 g/mol. The van der Waals surface area contributed by atoms with Crippen LogP contribution in [0.5, 0.6) is 0 Å². The first-order valence-corrected chi connectivity index (χ1v) is 5.02. The van der Waals surface area contributed by atoms with Crippen LogP contribution in [0.1, 0.15) is 0 Å². The molecule has 73 valence electrons. The second-order valence-electron chi connectivity index (χ2n) is 1.05. The van der Waals surface area contributed by atoms with Crippen molar-refractivity contribution in [1.29, 1.82) is 0 Å². The van der Waals surface area contributed by atoms with E-state index >= 15 is 0 Å². The van der Waals surface area contributed by atoms with Gasteiger partial charge in [-0.3, -0.25) is 0 Å². The molecule has 0 aliphatic heterocycles. The molecule has 0 fully saturated rings. The largest absolute Gasteiger partial charge is 3.00 e. The Labute approximate surface area is 125 Å². The average Bonchev–Trinajstić information content (AvgIpc) is 1.12. The second-order valence-corrected chi connectivity index (χ2v) is 3.15. The Bertz CT molecular complexity index is 60.0. The van der Waals surface area contributed by atoms with Gasteiger partial charge >= 0.3 is 70.0 Å². The Hall–Kier alpha value is 2.46. The van der Waals surface area contributed by atoms with Crippen molar-refractivity contribution in [2.24, 2.45) is 0 Å². The molecule has 0 unspecified atom stereocenters. The molecule has 0 aromatic heterocycles. The SMILES string of the molecule is [Er+3].[O-][Si]([O-])(O)O.[O-][Si]([O-])([O-])[O-].[Y+3]. The van der Waals surface area contributed by atoms with Crippen LogP contribution in [0.15, 0.2) is 0 Å². The molecule has 12 heteroatoms. The third kappa shape index (κ3) is 270. The molecule has 0 atom stereocenters. The van der Waals surface area contributed by atoms with Crippen LogP contribution in [-0.2, 0) is 32.7 Å². The van der Waals surface area contributed by atoms with Crippen LogP contribution in [0.4, 0.5) is 0 Å². The van der Waals surface area contributed by atoms with Gasteiger partial charge in [0.05, 0.1) is 0 Å². The molecule has 1 radical (unpaired) electrons. The topological polar surface area (TPSA) is 179 Å². The van der Waals surface area contributed by atoms with Crippen LogP contribution >= 0.6 is 0 Å². The van der Waals surface area contributed by atoms with Crippen LogP contribution in [-0.4, -0.2) is 27.7 Å². The molecule has 0 aliphatic carbocycles. The molecule has 0 aliphatic rings. The van der Waals surface area contributed by atoms with Gasteiger partial charge < -0.3 is 47.4 Å². The van der Waals surface area contributed by atoms with Gasteiger partial charge in [-0.2, -0.15) is 0 Å². The molecule has 0 saturated carbocycles. The first kappa shape index (κ1) is 23.9. The molecule has 0 heterocycles. The van der Waals surface area contributed by atoms with Gasteiger partial charge in [0.1, 0.15) is 9.05 Å². The first-order chi connectivity index (χ1) is 4.00. The standard InChI is InChI=1S/Er.H2O4Si.O4Si.Y/c;2*1-5(2,3)4;/h;1-2H;;/q+3;-2;-4;+3. The fourth-order valence-corrected chi connectivity index (χ4v) is 0. The van der Waals surface area contributed by atoms with E-state index in [2.05, 4.69) is 0 Å². The molecule has 12 heavy (non-hydrogen) atoms. The van der Waals surface area contributed by atoms with E-state index in [1.54, 1.807) is 0 Å². The van der Waals surface area contributed by atoms with Gasteiger partial charge in [-0.1, -0.05) is 0 Å². The van der Waals surface area contributed by atoms with Crippen molar-refractivity contribution in [1.82, 2.24) is 0 Å². The maximum Gasteiger partial charge on any atom is 3.00 e. The zero-order valence-corrected chi connectivity index (χ0v) is 11.9. The Balaban J connectivity index is -0.0000000457. The molecule has 0 bridgehead atoms. The van der Waals surface area contributed by atoms with Crippen LogP contribution in [0.2, 0.25) is 0 Å². The predicted molar refractivity (Wildman–Crippen MR) is 15.9 cm³/mol. The molecule has 2 N–H and O–H groups in total. The van der Waals surface area contributed by atoms with Crippen molar-refractivity contribution < 1.29 is 108 Å². The minimum absolute atomic E-state index is 0. The molecule has 8 nitrogen and oxygen atoms in total. The minimum atomic E-state index is -5.61. The van der Waals surface area contributed by atoms with Crippen molar-refractivity contribution in [3.8, 4) is 0 Å². The van der Waals surface area contributed by atoms with Gasteiger partial charge in [-0.25, -0.2) is 0 Å². The summed E-state index contributed by atoms with van der Waals surface area (Å²) in [4.78, 5) is 66.1. The summed E-state index contributed by atoms with van der Waals surface area (Å²) in [6.07, 6.45) is 0. The summed E-state index contributed by atoms with van der Waals surface area (Å²) >= 11 is 0. The number of hydrogen-bond acceptors (Lipinski definition) is 8. The van der Waals surface area contributed by atoms with Crippen LogP contribution in [0.3, 0.4) is 0 Å². The van der Waals surface area contributed by atoms with Crippen molar-refractivity contribution in [2.75, 3.05) is 0 Å². The molecule has 0 amide bonds. The van der Waals surface area contributed by atoms with Gasteiger partial charge in [0, 0.05) is 0 Å². The van der Waals surface area contributed by atoms with Crippen molar-refractivity contribution in [3.63, 3.8) is 0 Å². The summed E-state index contributed by atoms with van der Waals surface area (Å²) in [5.74, 6) is 0. The van der Waals surface area contributed by atoms with E-state index < -0.39 is 18.1 Å². The second kappa shape index (κ2) is 10.00. The van der Waals surface area contributed by atoms with Crippen molar-refractivity contribution in [2.45, 2.75) is 0 Å². The van der Waals surface area contributed by atoms with Crippen LogP contribution in [0, 0.1) is 37.3 Å². The smallest absolute Gasteiger partial charge is 0.894 e. The summed E-state index contributed by atoms with van der Waals surface area (Å²) < 4.78 is 0. The summed E-state index contributed by atoms with van der Waals surface area (Å²) in [6, 6.07) is 0. The molecule has 0 spiro atoms. The quantitative estimate of drug-likeness (QED) is 0.347. The zero-order valence-electron chi connectivity index (χ0n) is 5.21. The molecular formula is H2ErO8Si2Y. The monoisotopic (exact) mass is 441 g/mol. The molecule has 0 rings (SSSR count). The summed E-state index contributed by atoms with van der Waals surface area (Å²) in [5.41, 5.74) is 0. The summed E-state index contributed by atoms with van der Waals surface area (Å²) in [7, 11) is -10.7. The Kier molecular flexibility index (Phi) is 20.0. The van der Waals surface area contributed by atoms with Gasteiger partial charge in [0.2, 0.25) is 0 Å².